The lowest BCUT2D eigenvalue weighted by molar-refractivity contribution is -0.152. The van der Waals surface area contributed by atoms with E-state index < -0.39 is 5.60 Å². The van der Waals surface area contributed by atoms with E-state index in [0.717, 1.165) is 38.8 Å². The Balaban J connectivity index is 1.82. The topological polar surface area (TPSA) is 41.6 Å². The standard InChI is InChI=1S/C16H30N2O2/c1-4-11-17-13-6-8-14(9-7-13)18(3)15(19)16(2)10-5-12-20-16/h13-14,17H,4-12H2,1-3H3. The van der Waals surface area contributed by atoms with Crippen molar-refractivity contribution in [2.75, 3.05) is 20.2 Å². The monoisotopic (exact) mass is 282 g/mol. The molecule has 0 radical (unpaired) electrons. The first-order valence-electron chi connectivity index (χ1n) is 8.21. The molecule has 1 N–H and O–H groups in total. The van der Waals surface area contributed by atoms with Crippen LogP contribution < -0.4 is 5.32 Å². The van der Waals surface area contributed by atoms with Crippen LogP contribution in [0.25, 0.3) is 0 Å². The van der Waals surface area contributed by atoms with Crippen LogP contribution in [0.2, 0.25) is 0 Å². The highest BCUT2D eigenvalue weighted by Crippen LogP contribution is 2.30. The van der Waals surface area contributed by atoms with Gasteiger partial charge in [0, 0.05) is 25.7 Å². The summed E-state index contributed by atoms with van der Waals surface area (Å²) in [5.74, 6) is 0.181. The van der Waals surface area contributed by atoms with E-state index >= 15 is 0 Å². The van der Waals surface area contributed by atoms with Gasteiger partial charge in [-0.1, -0.05) is 6.92 Å². The van der Waals surface area contributed by atoms with Crippen molar-refractivity contribution in [1.29, 1.82) is 0 Å². The van der Waals surface area contributed by atoms with Gasteiger partial charge in [-0.15, -0.1) is 0 Å². The maximum atomic E-state index is 12.6. The Morgan fingerprint density at radius 2 is 2.05 bits per heavy atom. The molecule has 2 aliphatic rings. The minimum Gasteiger partial charge on any atom is -0.365 e. The van der Waals surface area contributed by atoms with Gasteiger partial charge in [0.1, 0.15) is 5.60 Å². The van der Waals surface area contributed by atoms with Gasteiger partial charge in [-0.05, 0) is 58.4 Å². The molecule has 0 aromatic carbocycles. The molecule has 1 amide bonds. The van der Waals surface area contributed by atoms with Crippen LogP contribution in [0.15, 0.2) is 0 Å². The lowest BCUT2D eigenvalue weighted by Gasteiger charge is -2.38. The lowest BCUT2D eigenvalue weighted by Crippen LogP contribution is -2.51. The Morgan fingerprint density at radius 1 is 1.35 bits per heavy atom. The van der Waals surface area contributed by atoms with Gasteiger partial charge in [0.25, 0.3) is 5.91 Å². The summed E-state index contributed by atoms with van der Waals surface area (Å²) in [4.78, 5) is 14.6. The largest absolute Gasteiger partial charge is 0.365 e. The minimum atomic E-state index is -0.563. The van der Waals surface area contributed by atoms with E-state index in [9.17, 15) is 4.79 Å². The Hall–Kier alpha value is -0.610. The number of rotatable bonds is 5. The molecule has 4 heteroatoms. The summed E-state index contributed by atoms with van der Waals surface area (Å²) in [6.45, 7) is 5.99. The fourth-order valence-corrected chi connectivity index (χ4v) is 3.50. The molecule has 116 valence electrons. The minimum absolute atomic E-state index is 0.181. The maximum absolute atomic E-state index is 12.6. The lowest BCUT2D eigenvalue weighted by atomic mass is 9.89. The Bertz CT molecular complexity index is 318. The molecule has 0 bridgehead atoms. The third-order valence-electron chi connectivity index (χ3n) is 4.92. The third kappa shape index (κ3) is 3.53. The van der Waals surface area contributed by atoms with Gasteiger partial charge < -0.3 is 15.0 Å². The maximum Gasteiger partial charge on any atom is 0.254 e. The van der Waals surface area contributed by atoms with Crippen molar-refractivity contribution >= 4 is 5.91 Å². The number of hydrogen-bond donors (Lipinski definition) is 1. The molecule has 0 aromatic heterocycles. The van der Waals surface area contributed by atoms with Crippen molar-refractivity contribution in [1.82, 2.24) is 10.2 Å². The van der Waals surface area contributed by atoms with Crippen molar-refractivity contribution in [3.05, 3.63) is 0 Å². The molecule has 1 aliphatic heterocycles. The van der Waals surface area contributed by atoms with Crippen LogP contribution in [0.4, 0.5) is 0 Å². The van der Waals surface area contributed by atoms with Gasteiger partial charge in [0.2, 0.25) is 0 Å². The van der Waals surface area contributed by atoms with Crippen LogP contribution in [-0.2, 0) is 9.53 Å². The average molecular weight is 282 g/mol. The second-order valence-electron chi connectivity index (χ2n) is 6.56. The quantitative estimate of drug-likeness (QED) is 0.841. The number of nitrogens with one attached hydrogen (secondary N) is 1. The van der Waals surface area contributed by atoms with Gasteiger partial charge in [-0.25, -0.2) is 0 Å². The molecule has 20 heavy (non-hydrogen) atoms. The van der Waals surface area contributed by atoms with Gasteiger partial charge in [-0.3, -0.25) is 4.79 Å². The highest BCUT2D eigenvalue weighted by molar-refractivity contribution is 5.85. The van der Waals surface area contributed by atoms with Crippen LogP contribution in [0.5, 0.6) is 0 Å². The van der Waals surface area contributed by atoms with Crippen molar-refractivity contribution in [2.24, 2.45) is 0 Å². The summed E-state index contributed by atoms with van der Waals surface area (Å²) in [6.07, 6.45) is 7.64. The summed E-state index contributed by atoms with van der Waals surface area (Å²) < 4.78 is 5.68. The Kier molecular flexibility index (Phi) is 5.44. The summed E-state index contributed by atoms with van der Waals surface area (Å²) in [6, 6.07) is 1.04. The zero-order chi connectivity index (χ0) is 14.6. The number of amides is 1. The number of carbonyl (C=O) groups is 1. The zero-order valence-electron chi connectivity index (χ0n) is 13.3. The predicted molar refractivity (Wildman–Crippen MR) is 80.7 cm³/mol. The van der Waals surface area contributed by atoms with Crippen molar-refractivity contribution in [3.8, 4) is 0 Å². The molecule has 1 atom stereocenters. The zero-order valence-corrected chi connectivity index (χ0v) is 13.3. The number of carbonyl (C=O) groups excluding carboxylic acids is 1. The summed E-state index contributed by atoms with van der Waals surface area (Å²) >= 11 is 0. The van der Waals surface area contributed by atoms with E-state index in [0.29, 0.717) is 12.1 Å². The molecule has 0 aromatic rings. The molecule has 1 saturated carbocycles. The van der Waals surface area contributed by atoms with Crippen molar-refractivity contribution < 1.29 is 9.53 Å². The normalized spacial score (nSPS) is 34.1. The predicted octanol–water partition coefficient (Wildman–Crippen LogP) is 2.32. The highest BCUT2D eigenvalue weighted by Gasteiger charge is 2.41. The van der Waals surface area contributed by atoms with Gasteiger partial charge in [-0.2, -0.15) is 0 Å². The van der Waals surface area contributed by atoms with Gasteiger partial charge >= 0.3 is 0 Å². The molecule has 2 fully saturated rings. The number of ether oxygens (including phenoxy) is 1. The molecular formula is C16H30N2O2. The fraction of sp³-hybridized carbons (Fsp3) is 0.938. The van der Waals surface area contributed by atoms with Gasteiger partial charge in [0.15, 0.2) is 0 Å². The van der Waals surface area contributed by atoms with E-state index in [-0.39, 0.29) is 5.91 Å². The number of nitrogens with zero attached hydrogens (tertiary/aromatic N) is 1. The van der Waals surface area contributed by atoms with Crippen LogP contribution in [0, 0.1) is 0 Å². The van der Waals surface area contributed by atoms with Crippen LogP contribution in [0.1, 0.15) is 58.8 Å². The van der Waals surface area contributed by atoms with Crippen molar-refractivity contribution in [3.63, 3.8) is 0 Å². The Labute approximate surface area is 123 Å². The number of likely N-dealkylation sites (N-methyl/N-ethyl adjacent to an activating group) is 1. The van der Waals surface area contributed by atoms with E-state index in [2.05, 4.69) is 12.2 Å². The molecule has 1 heterocycles. The van der Waals surface area contributed by atoms with Crippen LogP contribution in [-0.4, -0.2) is 48.7 Å². The Morgan fingerprint density at radius 3 is 2.60 bits per heavy atom. The molecule has 1 aliphatic carbocycles. The second-order valence-corrected chi connectivity index (χ2v) is 6.56. The first kappa shape index (κ1) is 15.8. The van der Waals surface area contributed by atoms with Gasteiger partial charge in [0.05, 0.1) is 0 Å². The smallest absolute Gasteiger partial charge is 0.254 e. The first-order chi connectivity index (χ1) is 9.57. The fourth-order valence-electron chi connectivity index (χ4n) is 3.50. The summed E-state index contributed by atoms with van der Waals surface area (Å²) in [7, 11) is 1.96. The molecule has 1 saturated heterocycles. The molecule has 0 spiro atoms. The molecule has 1 unspecified atom stereocenters. The number of hydrogen-bond acceptors (Lipinski definition) is 3. The molecule has 2 rings (SSSR count). The van der Waals surface area contributed by atoms with Crippen LogP contribution >= 0.6 is 0 Å². The average Bonchev–Trinajstić information content (AvgIpc) is 2.92. The first-order valence-corrected chi connectivity index (χ1v) is 8.21. The van der Waals surface area contributed by atoms with E-state index in [1.165, 1.54) is 19.3 Å². The molecule has 4 nitrogen and oxygen atoms in total. The van der Waals surface area contributed by atoms with E-state index in [1.54, 1.807) is 0 Å². The van der Waals surface area contributed by atoms with Crippen LogP contribution in [0.3, 0.4) is 0 Å². The summed E-state index contributed by atoms with van der Waals surface area (Å²) in [5.41, 5.74) is -0.563. The van der Waals surface area contributed by atoms with E-state index in [4.69, 9.17) is 4.74 Å². The van der Waals surface area contributed by atoms with E-state index in [1.807, 2.05) is 18.9 Å². The molecular weight excluding hydrogens is 252 g/mol. The second kappa shape index (κ2) is 6.90. The third-order valence-corrected chi connectivity index (χ3v) is 4.92. The van der Waals surface area contributed by atoms with Crippen molar-refractivity contribution in [2.45, 2.75) is 76.5 Å². The SMILES string of the molecule is CCCNC1CCC(N(C)C(=O)C2(C)CCCO2)CC1. The highest BCUT2D eigenvalue weighted by atomic mass is 16.5. The summed E-state index contributed by atoms with van der Waals surface area (Å²) in [5, 5.41) is 3.59.